The minimum atomic E-state index is 1.07. The van der Waals surface area contributed by atoms with Gasteiger partial charge in [-0.25, -0.2) is 4.98 Å². The molecule has 0 unspecified atom stereocenters. The van der Waals surface area contributed by atoms with Crippen LogP contribution in [0.15, 0.2) is 46.9 Å². The molecule has 0 aliphatic heterocycles. The van der Waals surface area contributed by atoms with E-state index in [0.29, 0.717) is 0 Å². The van der Waals surface area contributed by atoms with E-state index in [1.165, 1.54) is 15.8 Å². The molecule has 0 atom stereocenters. The Labute approximate surface area is 112 Å². The average molecular weight is 304 g/mol. The fourth-order valence-corrected chi connectivity index (χ4v) is 3.31. The molecule has 1 aromatic heterocycles. The molecule has 0 bridgehead atoms. The van der Waals surface area contributed by atoms with Crippen LogP contribution in [0, 0.1) is 6.92 Å². The Morgan fingerprint density at radius 3 is 2.65 bits per heavy atom. The van der Waals surface area contributed by atoms with E-state index < -0.39 is 0 Å². The predicted molar refractivity (Wildman–Crippen MR) is 77.5 cm³/mol. The summed E-state index contributed by atoms with van der Waals surface area (Å²) < 4.78 is 2.34. The molecule has 0 amide bonds. The van der Waals surface area contributed by atoms with Gasteiger partial charge in [-0.05, 0) is 30.2 Å². The molecule has 3 rings (SSSR count). The Morgan fingerprint density at radius 1 is 1.12 bits per heavy atom. The van der Waals surface area contributed by atoms with Crippen molar-refractivity contribution >= 4 is 37.5 Å². The van der Waals surface area contributed by atoms with Gasteiger partial charge in [0.2, 0.25) is 0 Å². The molecule has 2 aromatic carbocycles. The summed E-state index contributed by atoms with van der Waals surface area (Å²) in [5, 5.41) is 1.11. The summed E-state index contributed by atoms with van der Waals surface area (Å²) in [4.78, 5) is 4.50. The second-order valence-electron chi connectivity index (χ2n) is 3.90. The van der Waals surface area contributed by atoms with Crippen LogP contribution in [-0.4, -0.2) is 4.98 Å². The molecule has 0 aliphatic rings. The lowest BCUT2D eigenvalue weighted by atomic mass is 10.1. The summed E-state index contributed by atoms with van der Waals surface area (Å²) in [7, 11) is 0. The van der Waals surface area contributed by atoms with Crippen molar-refractivity contribution in [2.75, 3.05) is 0 Å². The van der Waals surface area contributed by atoms with Crippen molar-refractivity contribution in [2.45, 2.75) is 6.92 Å². The van der Waals surface area contributed by atoms with Gasteiger partial charge in [-0.3, -0.25) is 0 Å². The third-order valence-electron chi connectivity index (χ3n) is 2.67. The fourth-order valence-electron chi connectivity index (χ4n) is 1.90. The number of benzene rings is 2. The molecule has 0 saturated carbocycles. The molecule has 17 heavy (non-hydrogen) atoms. The summed E-state index contributed by atoms with van der Waals surface area (Å²) in [6.45, 7) is 2.04. The van der Waals surface area contributed by atoms with Crippen LogP contribution in [0.2, 0.25) is 0 Å². The number of rotatable bonds is 1. The van der Waals surface area contributed by atoms with Gasteiger partial charge in [0, 0.05) is 4.47 Å². The van der Waals surface area contributed by atoms with Crippen LogP contribution in [0.3, 0.4) is 0 Å². The molecule has 0 spiro atoms. The maximum atomic E-state index is 4.50. The standard InChI is InChI=1S/C14H10BrNS/c1-9-16-13-8-12(15)11(7-14(13)17-9)10-5-3-2-4-6-10/h2-8H,1H3. The van der Waals surface area contributed by atoms with Crippen LogP contribution in [0.5, 0.6) is 0 Å². The Morgan fingerprint density at radius 2 is 1.88 bits per heavy atom. The first-order valence-corrected chi connectivity index (χ1v) is 6.97. The van der Waals surface area contributed by atoms with Crippen molar-refractivity contribution in [1.82, 2.24) is 4.98 Å². The first-order chi connectivity index (χ1) is 8.24. The minimum Gasteiger partial charge on any atom is -0.241 e. The van der Waals surface area contributed by atoms with Gasteiger partial charge in [-0.2, -0.15) is 0 Å². The topological polar surface area (TPSA) is 12.9 Å². The van der Waals surface area contributed by atoms with Gasteiger partial charge in [0.15, 0.2) is 0 Å². The SMILES string of the molecule is Cc1nc2cc(Br)c(-c3ccccc3)cc2s1. The Balaban J connectivity index is 2.26. The molecule has 1 heterocycles. The maximum Gasteiger partial charge on any atom is 0.0907 e. The predicted octanol–water partition coefficient (Wildman–Crippen LogP) is 5.03. The van der Waals surface area contributed by atoms with Crippen LogP contribution >= 0.6 is 27.3 Å². The molecule has 3 heteroatoms. The van der Waals surface area contributed by atoms with Gasteiger partial charge in [-0.15, -0.1) is 11.3 Å². The molecule has 1 nitrogen and oxygen atoms in total. The third-order valence-corrected chi connectivity index (χ3v) is 4.26. The smallest absolute Gasteiger partial charge is 0.0907 e. The highest BCUT2D eigenvalue weighted by atomic mass is 79.9. The highest BCUT2D eigenvalue weighted by molar-refractivity contribution is 9.10. The largest absolute Gasteiger partial charge is 0.241 e. The number of hydrogen-bond donors (Lipinski definition) is 0. The maximum absolute atomic E-state index is 4.50. The molecule has 0 aliphatic carbocycles. The zero-order chi connectivity index (χ0) is 11.8. The average Bonchev–Trinajstić information content (AvgIpc) is 2.68. The van der Waals surface area contributed by atoms with E-state index in [9.17, 15) is 0 Å². The van der Waals surface area contributed by atoms with E-state index in [0.717, 1.165) is 15.0 Å². The van der Waals surface area contributed by atoms with Gasteiger partial charge >= 0.3 is 0 Å². The summed E-state index contributed by atoms with van der Waals surface area (Å²) >= 11 is 5.37. The van der Waals surface area contributed by atoms with E-state index in [4.69, 9.17) is 0 Å². The fraction of sp³-hybridized carbons (Fsp3) is 0.0714. The molecular formula is C14H10BrNS. The zero-order valence-electron chi connectivity index (χ0n) is 9.27. The van der Waals surface area contributed by atoms with Gasteiger partial charge in [-0.1, -0.05) is 46.3 Å². The van der Waals surface area contributed by atoms with Crippen LogP contribution in [-0.2, 0) is 0 Å². The molecule has 0 radical (unpaired) electrons. The normalized spacial score (nSPS) is 10.9. The summed E-state index contributed by atoms with van der Waals surface area (Å²) in [5.41, 5.74) is 3.52. The first-order valence-electron chi connectivity index (χ1n) is 5.36. The monoisotopic (exact) mass is 303 g/mol. The highest BCUT2D eigenvalue weighted by Crippen LogP contribution is 2.34. The zero-order valence-corrected chi connectivity index (χ0v) is 11.7. The second kappa shape index (κ2) is 4.24. The third kappa shape index (κ3) is 2.01. The molecule has 3 aromatic rings. The van der Waals surface area contributed by atoms with E-state index in [2.05, 4.69) is 57.3 Å². The molecule has 0 saturated heterocycles. The van der Waals surface area contributed by atoms with Crippen LogP contribution in [0.4, 0.5) is 0 Å². The van der Waals surface area contributed by atoms with Gasteiger partial charge in [0.05, 0.1) is 15.2 Å². The molecular weight excluding hydrogens is 294 g/mol. The van der Waals surface area contributed by atoms with Crippen LogP contribution in [0.1, 0.15) is 5.01 Å². The van der Waals surface area contributed by atoms with E-state index in [-0.39, 0.29) is 0 Å². The summed E-state index contributed by atoms with van der Waals surface area (Å²) in [6, 6.07) is 14.7. The Bertz CT molecular complexity index is 673. The number of fused-ring (bicyclic) bond motifs is 1. The first kappa shape index (κ1) is 10.9. The van der Waals surface area contributed by atoms with Crippen molar-refractivity contribution in [2.24, 2.45) is 0 Å². The number of aryl methyl sites for hydroxylation is 1. The van der Waals surface area contributed by atoms with Crippen molar-refractivity contribution in [3.63, 3.8) is 0 Å². The molecule has 84 valence electrons. The minimum absolute atomic E-state index is 1.07. The quantitative estimate of drug-likeness (QED) is 0.614. The van der Waals surface area contributed by atoms with Gasteiger partial charge in [0.1, 0.15) is 0 Å². The summed E-state index contributed by atoms with van der Waals surface area (Å²) in [6.07, 6.45) is 0. The van der Waals surface area contributed by atoms with Crippen molar-refractivity contribution in [3.8, 4) is 11.1 Å². The van der Waals surface area contributed by atoms with E-state index in [1.54, 1.807) is 11.3 Å². The van der Waals surface area contributed by atoms with Crippen molar-refractivity contribution in [3.05, 3.63) is 51.9 Å². The number of nitrogens with zero attached hydrogens (tertiary/aromatic N) is 1. The highest BCUT2D eigenvalue weighted by Gasteiger charge is 2.07. The Kier molecular flexibility index (Phi) is 2.73. The summed E-state index contributed by atoms with van der Waals surface area (Å²) in [5.74, 6) is 0. The lowest BCUT2D eigenvalue weighted by Gasteiger charge is -2.04. The van der Waals surface area contributed by atoms with Gasteiger partial charge < -0.3 is 0 Å². The van der Waals surface area contributed by atoms with Crippen molar-refractivity contribution < 1.29 is 0 Å². The Hall–Kier alpha value is -1.19. The van der Waals surface area contributed by atoms with E-state index >= 15 is 0 Å². The van der Waals surface area contributed by atoms with Crippen LogP contribution < -0.4 is 0 Å². The lowest BCUT2D eigenvalue weighted by molar-refractivity contribution is 1.34. The lowest BCUT2D eigenvalue weighted by Crippen LogP contribution is -1.79. The number of aromatic nitrogens is 1. The van der Waals surface area contributed by atoms with Crippen LogP contribution in [0.25, 0.3) is 21.3 Å². The number of halogens is 1. The molecule has 0 N–H and O–H groups in total. The van der Waals surface area contributed by atoms with Gasteiger partial charge in [0.25, 0.3) is 0 Å². The number of hydrogen-bond acceptors (Lipinski definition) is 2. The molecule has 0 fully saturated rings. The number of thiazole rings is 1. The van der Waals surface area contributed by atoms with E-state index in [1.807, 2.05) is 13.0 Å². The van der Waals surface area contributed by atoms with Crippen molar-refractivity contribution in [1.29, 1.82) is 0 Å². The second-order valence-corrected chi connectivity index (χ2v) is 5.99.